The van der Waals surface area contributed by atoms with Gasteiger partial charge in [-0.15, -0.1) is 0 Å². The van der Waals surface area contributed by atoms with Crippen LogP contribution in [-0.4, -0.2) is 25.8 Å². The summed E-state index contributed by atoms with van der Waals surface area (Å²) in [5, 5.41) is 7.77. The highest BCUT2D eigenvalue weighted by Crippen LogP contribution is 2.29. The van der Waals surface area contributed by atoms with Crippen LogP contribution in [0.3, 0.4) is 0 Å². The second-order valence-electron chi connectivity index (χ2n) is 6.60. The highest BCUT2D eigenvalue weighted by molar-refractivity contribution is 5.76. The van der Waals surface area contributed by atoms with Gasteiger partial charge in [0.15, 0.2) is 0 Å². The number of benzene rings is 1. The Morgan fingerprint density at radius 2 is 1.72 bits per heavy atom. The molecule has 0 amide bonds. The van der Waals surface area contributed by atoms with Crippen molar-refractivity contribution in [3.8, 4) is 0 Å². The summed E-state index contributed by atoms with van der Waals surface area (Å²) in [7, 11) is 0. The number of anilines is 1. The van der Waals surface area contributed by atoms with Crippen molar-refractivity contribution in [2.75, 3.05) is 5.32 Å². The third-order valence-corrected chi connectivity index (χ3v) is 4.87. The average Bonchev–Trinajstić information content (AvgIpc) is 2.63. The lowest BCUT2D eigenvalue weighted by molar-refractivity contribution is 0.303. The van der Waals surface area contributed by atoms with E-state index in [9.17, 15) is 4.79 Å². The molecule has 4 rings (SSSR count). The smallest absolute Gasteiger partial charge is 0.266 e. The predicted octanol–water partition coefficient (Wildman–Crippen LogP) is 3.09. The molecule has 0 spiro atoms. The predicted molar refractivity (Wildman–Crippen MR) is 97.7 cm³/mol. The first-order chi connectivity index (χ1) is 12.2. The van der Waals surface area contributed by atoms with Crippen molar-refractivity contribution in [1.82, 2.24) is 19.7 Å². The van der Waals surface area contributed by atoms with E-state index in [0.717, 1.165) is 48.2 Å². The fourth-order valence-corrected chi connectivity index (χ4v) is 3.53. The summed E-state index contributed by atoms with van der Waals surface area (Å²) in [6.07, 6.45) is 5.53. The molecule has 3 aromatic rings. The summed E-state index contributed by atoms with van der Waals surface area (Å²) >= 11 is 0. The zero-order chi connectivity index (χ0) is 17.2. The first-order valence-electron chi connectivity index (χ1n) is 8.74. The van der Waals surface area contributed by atoms with E-state index >= 15 is 0 Å². The zero-order valence-electron chi connectivity index (χ0n) is 14.2. The monoisotopic (exact) mass is 335 g/mol. The van der Waals surface area contributed by atoms with Gasteiger partial charge in [-0.2, -0.15) is 5.10 Å². The maximum absolute atomic E-state index is 11.9. The summed E-state index contributed by atoms with van der Waals surface area (Å²) in [5.74, 6) is 0.858. The minimum Gasteiger partial charge on any atom is -0.366 e. The summed E-state index contributed by atoms with van der Waals surface area (Å²) in [6.45, 7) is 1.99. The Morgan fingerprint density at radius 1 is 1.00 bits per heavy atom. The molecule has 128 valence electrons. The van der Waals surface area contributed by atoms with E-state index in [4.69, 9.17) is 4.98 Å². The molecule has 1 saturated carbocycles. The molecule has 1 N–H and O–H groups in total. The van der Waals surface area contributed by atoms with Crippen LogP contribution in [0.4, 0.5) is 5.82 Å². The Morgan fingerprint density at radius 3 is 2.44 bits per heavy atom. The maximum Gasteiger partial charge on any atom is 0.266 e. The normalized spacial score (nSPS) is 20.5. The van der Waals surface area contributed by atoms with Gasteiger partial charge in [0.05, 0.1) is 22.8 Å². The Kier molecular flexibility index (Phi) is 4.17. The van der Waals surface area contributed by atoms with Gasteiger partial charge in [-0.1, -0.05) is 12.1 Å². The van der Waals surface area contributed by atoms with Crippen LogP contribution in [0, 0.1) is 6.92 Å². The van der Waals surface area contributed by atoms with Gasteiger partial charge >= 0.3 is 0 Å². The quantitative estimate of drug-likeness (QED) is 0.796. The Bertz CT molecular complexity index is 944. The molecule has 1 aliphatic rings. The summed E-state index contributed by atoms with van der Waals surface area (Å²) in [5.41, 5.74) is 2.73. The van der Waals surface area contributed by atoms with E-state index in [2.05, 4.69) is 15.4 Å². The molecule has 1 fully saturated rings. The van der Waals surface area contributed by atoms with Crippen LogP contribution >= 0.6 is 0 Å². The number of aromatic nitrogens is 4. The van der Waals surface area contributed by atoms with E-state index in [-0.39, 0.29) is 11.6 Å². The molecule has 1 aliphatic carbocycles. The molecule has 2 aromatic heterocycles. The lowest BCUT2D eigenvalue weighted by atomic mass is 9.91. The minimum absolute atomic E-state index is 0.0184. The molecule has 0 bridgehead atoms. The van der Waals surface area contributed by atoms with E-state index in [1.54, 1.807) is 23.0 Å². The van der Waals surface area contributed by atoms with Gasteiger partial charge in [-0.25, -0.2) is 14.6 Å². The summed E-state index contributed by atoms with van der Waals surface area (Å²) in [4.78, 5) is 21.3. The Balaban J connectivity index is 1.46. The third-order valence-electron chi connectivity index (χ3n) is 4.87. The molecular formula is C19H21N5O. The number of para-hydroxylation sites is 2. The lowest BCUT2D eigenvalue weighted by Crippen LogP contribution is -2.33. The number of fused-ring (bicyclic) bond motifs is 1. The van der Waals surface area contributed by atoms with Gasteiger partial charge in [0.2, 0.25) is 0 Å². The van der Waals surface area contributed by atoms with E-state index in [0.29, 0.717) is 6.04 Å². The van der Waals surface area contributed by atoms with Crippen molar-refractivity contribution in [3.05, 3.63) is 58.6 Å². The first-order valence-corrected chi connectivity index (χ1v) is 8.74. The minimum atomic E-state index is -0.0184. The number of aryl methyl sites for hydroxylation is 1. The van der Waals surface area contributed by atoms with Gasteiger partial charge in [0.1, 0.15) is 5.82 Å². The second kappa shape index (κ2) is 6.63. The molecule has 2 heterocycles. The van der Waals surface area contributed by atoms with Crippen molar-refractivity contribution in [2.45, 2.75) is 44.7 Å². The van der Waals surface area contributed by atoms with Crippen LogP contribution in [0.25, 0.3) is 11.0 Å². The Labute approximate surface area is 145 Å². The molecule has 25 heavy (non-hydrogen) atoms. The molecule has 6 heteroatoms. The standard InChI is InChI=1S/C19H21N5O/c1-13-19(23-17-6-3-2-5-16(17)21-13)22-14-8-10-15(11-9-14)24-18(25)7-4-12-20-24/h2-7,12,14-15H,8-11H2,1H3,(H,22,23). The van der Waals surface area contributed by atoms with Gasteiger partial charge in [0, 0.05) is 18.3 Å². The van der Waals surface area contributed by atoms with Crippen molar-refractivity contribution < 1.29 is 0 Å². The van der Waals surface area contributed by atoms with Gasteiger partial charge in [-0.3, -0.25) is 4.79 Å². The third kappa shape index (κ3) is 3.24. The van der Waals surface area contributed by atoms with Crippen LogP contribution in [0.1, 0.15) is 37.4 Å². The molecule has 6 nitrogen and oxygen atoms in total. The molecule has 1 aromatic carbocycles. The largest absolute Gasteiger partial charge is 0.366 e. The molecule has 0 aliphatic heterocycles. The van der Waals surface area contributed by atoms with Crippen LogP contribution < -0.4 is 10.9 Å². The highest BCUT2D eigenvalue weighted by Gasteiger charge is 2.24. The van der Waals surface area contributed by atoms with Crippen LogP contribution in [0.5, 0.6) is 0 Å². The van der Waals surface area contributed by atoms with Crippen LogP contribution in [0.2, 0.25) is 0 Å². The number of rotatable bonds is 3. The highest BCUT2D eigenvalue weighted by atomic mass is 16.1. The second-order valence-corrected chi connectivity index (χ2v) is 6.60. The van der Waals surface area contributed by atoms with Gasteiger partial charge in [0.25, 0.3) is 5.56 Å². The number of hydrogen-bond acceptors (Lipinski definition) is 5. The van der Waals surface area contributed by atoms with E-state index in [1.165, 1.54) is 0 Å². The molecule has 0 atom stereocenters. The topological polar surface area (TPSA) is 72.7 Å². The summed E-state index contributed by atoms with van der Waals surface area (Å²) < 4.78 is 1.62. The fourth-order valence-electron chi connectivity index (χ4n) is 3.53. The van der Waals surface area contributed by atoms with Gasteiger partial charge < -0.3 is 5.32 Å². The number of nitrogens with zero attached hydrogens (tertiary/aromatic N) is 4. The molecular weight excluding hydrogens is 314 g/mol. The van der Waals surface area contributed by atoms with Crippen molar-refractivity contribution >= 4 is 16.9 Å². The number of hydrogen-bond donors (Lipinski definition) is 1. The van der Waals surface area contributed by atoms with E-state index < -0.39 is 0 Å². The van der Waals surface area contributed by atoms with Crippen molar-refractivity contribution in [3.63, 3.8) is 0 Å². The average molecular weight is 335 g/mol. The zero-order valence-corrected chi connectivity index (χ0v) is 14.2. The fraction of sp³-hybridized carbons (Fsp3) is 0.368. The SMILES string of the molecule is Cc1nc2ccccc2nc1NC1CCC(n2ncccc2=O)CC1. The Hall–Kier alpha value is -2.76. The lowest BCUT2D eigenvalue weighted by Gasteiger charge is -2.30. The van der Waals surface area contributed by atoms with Crippen LogP contribution in [-0.2, 0) is 0 Å². The van der Waals surface area contributed by atoms with Crippen LogP contribution in [0.15, 0.2) is 47.4 Å². The number of nitrogens with one attached hydrogen (secondary N) is 1. The van der Waals surface area contributed by atoms with Crippen molar-refractivity contribution in [2.24, 2.45) is 0 Å². The molecule has 0 radical (unpaired) electrons. The maximum atomic E-state index is 11.9. The van der Waals surface area contributed by atoms with Gasteiger partial charge in [-0.05, 0) is 50.8 Å². The van der Waals surface area contributed by atoms with Crippen molar-refractivity contribution in [1.29, 1.82) is 0 Å². The molecule has 0 saturated heterocycles. The first kappa shape index (κ1) is 15.7. The summed E-state index contributed by atoms with van der Waals surface area (Å²) in [6, 6.07) is 11.7. The molecule has 0 unspecified atom stereocenters. The van der Waals surface area contributed by atoms with E-state index in [1.807, 2.05) is 31.2 Å².